The lowest BCUT2D eigenvalue weighted by Gasteiger charge is -1.98. The van der Waals surface area contributed by atoms with Gasteiger partial charge in [0.15, 0.2) is 0 Å². The van der Waals surface area contributed by atoms with Crippen LogP contribution in [0.1, 0.15) is 17.4 Å². The van der Waals surface area contributed by atoms with E-state index in [1.54, 1.807) is 11.3 Å². The molecular weight excluding hydrogens is 296 g/mol. The molecule has 0 spiro atoms. The predicted octanol–water partition coefficient (Wildman–Crippen LogP) is 3.85. The minimum atomic E-state index is 0.852. The number of nitrogens with zero attached hydrogens (tertiary/aromatic N) is 1. The van der Waals surface area contributed by atoms with Crippen LogP contribution in [0.2, 0.25) is 0 Å². The molecule has 0 aliphatic rings. The maximum atomic E-state index is 4.55. The average Bonchev–Trinajstić information content (AvgIpc) is 2.72. The topological polar surface area (TPSA) is 24.9 Å². The van der Waals surface area contributed by atoms with Crippen molar-refractivity contribution >= 4 is 27.3 Å². The van der Waals surface area contributed by atoms with Crippen LogP contribution >= 0.6 is 27.3 Å². The molecule has 0 unspecified atom stereocenters. The van der Waals surface area contributed by atoms with Gasteiger partial charge in [0.05, 0.1) is 4.88 Å². The SMILES string of the molecule is CCc1ccc(-c2nc(Br)c(CNC)s2)cc1. The second kappa shape index (κ2) is 5.76. The third kappa shape index (κ3) is 2.94. The molecule has 0 radical (unpaired) electrons. The van der Waals surface area contributed by atoms with E-state index in [1.165, 1.54) is 16.0 Å². The number of rotatable bonds is 4. The molecule has 0 saturated carbocycles. The Balaban J connectivity index is 2.29. The molecule has 0 saturated heterocycles. The van der Waals surface area contributed by atoms with E-state index in [-0.39, 0.29) is 0 Å². The number of benzene rings is 1. The van der Waals surface area contributed by atoms with Crippen molar-refractivity contribution in [3.05, 3.63) is 39.3 Å². The first kappa shape index (κ1) is 12.7. The molecule has 0 bridgehead atoms. The predicted molar refractivity (Wildman–Crippen MR) is 77.4 cm³/mol. The van der Waals surface area contributed by atoms with E-state index in [0.29, 0.717) is 0 Å². The molecule has 0 aliphatic carbocycles. The van der Waals surface area contributed by atoms with Crippen LogP contribution in [0.5, 0.6) is 0 Å². The van der Waals surface area contributed by atoms with Crippen LogP contribution < -0.4 is 5.32 Å². The first-order valence-electron chi connectivity index (χ1n) is 5.63. The monoisotopic (exact) mass is 310 g/mol. The van der Waals surface area contributed by atoms with Crippen molar-refractivity contribution in [2.24, 2.45) is 0 Å². The lowest BCUT2D eigenvalue weighted by atomic mass is 10.1. The first-order valence-corrected chi connectivity index (χ1v) is 7.24. The van der Waals surface area contributed by atoms with Crippen LogP contribution in [0.3, 0.4) is 0 Å². The number of aromatic nitrogens is 1. The molecule has 0 fully saturated rings. The van der Waals surface area contributed by atoms with Crippen molar-refractivity contribution in [1.82, 2.24) is 10.3 Å². The van der Waals surface area contributed by atoms with E-state index < -0.39 is 0 Å². The van der Waals surface area contributed by atoms with Gasteiger partial charge in [0.25, 0.3) is 0 Å². The van der Waals surface area contributed by atoms with E-state index in [2.05, 4.69) is 57.4 Å². The molecule has 1 aromatic carbocycles. The average molecular weight is 311 g/mol. The standard InChI is InChI=1S/C13H15BrN2S/c1-3-9-4-6-10(7-5-9)13-16-12(14)11(17-13)8-15-2/h4-7,15H,3,8H2,1-2H3. The van der Waals surface area contributed by atoms with E-state index in [0.717, 1.165) is 22.6 Å². The Labute approximate surface area is 114 Å². The Morgan fingerprint density at radius 1 is 1.29 bits per heavy atom. The van der Waals surface area contributed by atoms with Gasteiger partial charge >= 0.3 is 0 Å². The zero-order valence-corrected chi connectivity index (χ0v) is 12.4. The van der Waals surface area contributed by atoms with Gasteiger partial charge in [-0.25, -0.2) is 4.98 Å². The maximum Gasteiger partial charge on any atom is 0.124 e. The minimum absolute atomic E-state index is 0.852. The van der Waals surface area contributed by atoms with Crippen molar-refractivity contribution in [2.75, 3.05) is 7.05 Å². The molecule has 0 atom stereocenters. The summed E-state index contributed by atoms with van der Waals surface area (Å²) >= 11 is 5.23. The lowest BCUT2D eigenvalue weighted by Crippen LogP contribution is -2.03. The minimum Gasteiger partial charge on any atom is -0.315 e. The summed E-state index contributed by atoms with van der Waals surface area (Å²) in [4.78, 5) is 5.79. The molecule has 2 nitrogen and oxygen atoms in total. The highest BCUT2D eigenvalue weighted by Gasteiger charge is 2.09. The smallest absolute Gasteiger partial charge is 0.124 e. The highest BCUT2D eigenvalue weighted by molar-refractivity contribution is 9.10. The normalized spacial score (nSPS) is 10.8. The molecule has 17 heavy (non-hydrogen) atoms. The highest BCUT2D eigenvalue weighted by Crippen LogP contribution is 2.31. The molecular formula is C13H15BrN2S. The van der Waals surface area contributed by atoms with Crippen molar-refractivity contribution in [2.45, 2.75) is 19.9 Å². The quantitative estimate of drug-likeness (QED) is 0.927. The van der Waals surface area contributed by atoms with Gasteiger partial charge in [0, 0.05) is 12.1 Å². The van der Waals surface area contributed by atoms with Gasteiger partial charge in [-0.2, -0.15) is 0 Å². The fraction of sp³-hybridized carbons (Fsp3) is 0.308. The summed E-state index contributed by atoms with van der Waals surface area (Å²) in [5.74, 6) is 0. The summed E-state index contributed by atoms with van der Waals surface area (Å²) in [6, 6.07) is 8.63. The Morgan fingerprint density at radius 3 is 2.59 bits per heavy atom. The Kier molecular flexibility index (Phi) is 4.31. The van der Waals surface area contributed by atoms with Crippen LogP contribution in [-0.2, 0) is 13.0 Å². The van der Waals surface area contributed by atoms with Crippen molar-refractivity contribution in [1.29, 1.82) is 0 Å². The second-order valence-electron chi connectivity index (χ2n) is 3.81. The van der Waals surface area contributed by atoms with Crippen LogP contribution in [-0.4, -0.2) is 12.0 Å². The van der Waals surface area contributed by atoms with Crippen LogP contribution in [0, 0.1) is 0 Å². The maximum absolute atomic E-state index is 4.55. The first-order chi connectivity index (χ1) is 8.24. The fourth-order valence-corrected chi connectivity index (χ4v) is 3.26. The Hall–Kier alpha value is -0.710. The lowest BCUT2D eigenvalue weighted by molar-refractivity contribution is 0.825. The van der Waals surface area contributed by atoms with Crippen LogP contribution in [0.25, 0.3) is 10.6 Å². The summed E-state index contributed by atoms with van der Waals surface area (Å²) < 4.78 is 0.950. The Bertz CT molecular complexity index is 491. The molecule has 1 heterocycles. The van der Waals surface area contributed by atoms with Gasteiger partial charge in [-0.05, 0) is 35.0 Å². The van der Waals surface area contributed by atoms with Gasteiger partial charge in [-0.3, -0.25) is 0 Å². The number of hydrogen-bond acceptors (Lipinski definition) is 3. The molecule has 2 aromatic rings. The number of nitrogens with one attached hydrogen (secondary N) is 1. The zero-order chi connectivity index (χ0) is 12.3. The number of halogens is 1. The van der Waals surface area contributed by atoms with Gasteiger partial charge in [0.2, 0.25) is 0 Å². The molecule has 1 aromatic heterocycles. The molecule has 0 amide bonds. The van der Waals surface area contributed by atoms with Crippen LogP contribution in [0.15, 0.2) is 28.9 Å². The summed E-state index contributed by atoms with van der Waals surface area (Å²) in [5, 5.41) is 4.22. The van der Waals surface area contributed by atoms with Gasteiger partial charge in [0.1, 0.15) is 9.61 Å². The zero-order valence-electron chi connectivity index (χ0n) is 9.96. The van der Waals surface area contributed by atoms with Crippen molar-refractivity contribution in [3.63, 3.8) is 0 Å². The summed E-state index contributed by atoms with van der Waals surface area (Å²) in [6.07, 6.45) is 1.08. The number of thiazole rings is 1. The van der Waals surface area contributed by atoms with E-state index in [9.17, 15) is 0 Å². The highest BCUT2D eigenvalue weighted by atomic mass is 79.9. The van der Waals surface area contributed by atoms with Gasteiger partial charge < -0.3 is 5.32 Å². The largest absolute Gasteiger partial charge is 0.315 e. The summed E-state index contributed by atoms with van der Waals surface area (Å²) in [6.45, 7) is 3.02. The third-order valence-electron chi connectivity index (χ3n) is 2.60. The fourth-order valence-electron chi connectivity index (χ4n) is 1.61. The van der Waals surface area contributed by atoms with Crippen molar-refractivity contribution in [3.8, 4) is 10.6 Å². The molecule has 1 N–H and O–H groups in total. The van der Waals surface area contributed by atoms with Gasteiger partial charge in [-0.1, -0.05) is 31.2 Å². The Morgan fingerprint density at radius 2 is 2.00 bits per heavy atom. The molecule has 90 valence electrons. The summed E-state index contributed by atoms with van der Waals surface area (Å²) in [5.41, 5.74) is 2.55. The van der Waals surface area contributed by atoms with E-state index >= 15 is 0 Å². The molecule has 4 heteroatoms. The summed E-state index contributed by atoms with van der Waals surface area (Å²) in [7, 11) is 1.95. The number of hydrogen-bond donors (Lipinski definition) is 1. The van der Waals surface area contributed by atoms with Crippen molar-refractivity contribution < 1.29 is 0 Å². The number of aryl methyl sites for hydroxylation is 1. The molecule has 2 rings (SSSR count). The third-order valence-corrected chi connectivity index (χ3v) is 4.62. The van der Waals surface area contributed by atoms with Crippen LogP contribution in [0.4, 0.5) is 0 Å². The van der Waals surface area contributed by atoms with Gasteiger partial charge in [-0.15, -0.1) is 11.3 Å². The van der Waals surface area contributed by atoms with E-state index in [4.69, 9.17) is 0 Å². The molecule has 0 aliphatic heterocycles. The second-order valence-corrected chi connectivity index (χ2v) is 5.65. The van der Waals surface area contributed by atoms with E-state index in [1.807, 2.05) is 7.05 Å².